The summed E-state index contributed by atoms with van der Waals surface area (Å²) in [7, 11) is 0. The van der Waals surface area contributed by atoms with Gasteiger partial charge in [0.15, 0.2) is 0 Å². The van der Waals surface area contributed by atoms with Gasteiger partial charge in [-0.15, -0.1) is 0 Å². The Labute approximate surface area is 228 Å². The van der Waals surface area contributed by atoms with Crippen molar-refractivity contribution in [3.05, 3.63) is 113 Å². The fraction of sp³-hybridized carbons (Fsp3) is 0.382. The van der Waals surface area contributed by atoms with Crippen LogP contribution < -0.4 is 0 Å². The van der Waals surface area contributed by atoms with Crippen molar-refractivity contribution in [3.8, 4) is 0 Å². The molecule has 4 heteroatoms. The summed E-state index contributed by atoms with van der Waals surface area (Å²) < 4.78 is 5.22. The lowest BCUT2D eigenvalue weighted by Gasteiger charge is -2.30. The second kappa shape index (κ2) is 13.0. The zero-order valence-electron chi connectivity index (χ0n) is 23.0. The number of likely N-dealkylation sites (tertiary alicyclic amines) is 1. The number of benzene rings is 3. The third-order valence-electron chi connectivity index (χ3n) is 7.69. The monoisotopic (exact) mass is 511 g/mol. The number of esters is 1. The summed E-state index contributed by atoms with van der Waals surface area (Å²) in [6.45, 7) is 9.02. The van der Waals surface area contributed by atoms with Crippen LogP contribution in [0.25, 0.3) is 5.57 Å². The van der Waals surface area contributed by atoms with Crippen molar-refractivity contribution in [1.29, 1.82) is 0 Å². The maximum atomic E-state index is 12.3. The Morgan fingerprint density at radius 2 is 1.45 bits per heavy atom. The normalized spacial score (nSPS) is 15.2. The van der Waals surface area contributed by atoms with Crippen LogP contribution >= 0.6 is 0 Å². The van der Waals surface area contributed by atoms with E-state index in [-0.39, 0.29) is 5.97 Å². The molecule has 0 bridgehead atoms. The lowest BCUT2D eigenvalue weighted by molar-refractivity contribution is -0.148. The number of carbonyl (C=O) groups excluding carboxylic acids is 1. The minimum Gasteiger partial charge on any atom is -0.465 e. The van der Waals surface area contributed by atoms with Crippen molar-refractivity contribution < 1.29 is 14.6 Å². The highest BCUT2D eigenvalue weighted by molar-refractivity contribution is 5.83. The molecule has 1 N–H and O–H groups in total. The van der Waals surface area contributed by atoms with Gasteiger partial charge >= 0.3 is 5.97 Å². The van der Waals surface area contributed by atoms with Gasteiger partial charge in [0.25, 0.3) is 0 Å². The van der Waals surface area contributed by atoms with Crippen LogP contribution in [0.4, 0.5) is 0 Å². The maximum absolute atomic E-state index is 12.3. The molecule has 1 heterocycles. The Kier molecular flexibility index (Phi) is 9.54. The quantitative estimate of drug-likeness (QED) is 0.300. The molecule has 1 saturated heterocycles. The summed E-state index contributed by atoms with van der Waals surface area (Å²) >= 11 is 0. The first-order valence-electron chi connectivity index (χ1n) is 13.9. The average Bonchev–Trinajstić information content (AvgIpc) is 2.95. The molecule has 1 atom stereocenters. The number of piperidine rings is 1. The largest absolute Gasteiger partial charge is 0.465 e. The van der Waals surface area contributed by atoms with Gasteiger partial charge in [-0.05, 0) is 80.8 Å². The van der Waals surface area contributed by atoms with Crippen LogP contribution in [0.5, 0.6) is 0 Å². The molecule has 200 valence electrons. The number of rotatable bonds is 10. The smallest absolute Gasteiger partial charge is 0.315 e. The van der Waals surface area contributed by atoms with Crippen LogP contribution in [0.15, 0.2) is 90.5 Å². The number of carbonyl (C=O) groups is 1. The van der Waals surface area contributed by atoms with Crippen LogP contribution in [0.1, 0.15) is 74.8 Å². The van der Waals surface area contributed by atoms with Gasteiger partial charge in [0.2, 0.25) is 0 Å². The van der Waals surface area contributed by atoms with E-state index in [4.69, 9.17) is 4.74 Å². The standard InChI is InChI=1S/C34H41NO3/c1-4-38-33(37)34(2,3)30-19-17-26(18-20-30)31(36)16-11-23-35-24-21-29(22-25-35)32(27-12-7-5-8-13-27)28-14-9-6-10-15-28/h5-10,12-15,17-20,31,36H,4,11,16,21-25H2,1-3H3. The van der Waals surface area contributed by atoms with Crippen LogP contribution in [0.3, 0.4) is 0 Å². The summed E-state index contributed by atoms with van der Waals surface area (Å²) in [5, 5.41) is 10.8. The highest BCUT2D eigenvalue weighted by Gasteiger charge is 2.31. The first kappa shape index (κ1) is 27.8. The summed E-state index contributed by atoms with van der Waals surface area (Å²) in [6.07, 6.45) is 3.30. The molecular formula is C34H41NO3. The summed E-state index contributed by atoms with van der Waals surface area (Å²) in [5.74, 6) is -0.229. The number of ether oxygens (including phenoxy) is 1. The minimum absolute atomic E-state index is 0.229. The van der Waals surface area contributed by atoms with Gasteiger partial charge in [0.05, 0.1) is 18.1 Å². The van der Waals surface area contributed by atoms with E-state index in [9.17, 15) is 9.90 Å². The van der Waals surface area contributed by atoms with Gasteiger partial charge < -0.3 is 14.7 Å². The lowest BCUT2D eigenvalue weighted by atomic mass is 9.84. The lowest BCUT2D eigenvalue weighted by Crippen LogP contribution is -2.32. The SMILES string of the molecule is CCOC(=O)C(C)(C)c1ccc(C(O)CCCN2CCC(=C(c3ccccc3)c3ccccc3)CC2)cc1. The molecular weight excluding hydrogens is 470 g/mol. The van der Waals surface area contributed by atoms with E-state index in [2.05, 4.69) is 65.6 Å². The molecule has 4 nitrogen and oxygen atoms in total. The molecule has 4 rings (SSSR count). The number of aliphatic hydroxyl groups is 1. The van der Waals surface area contributed by atoms with E-state index in [1.54, 1.807) is 0 Å². The molecule has 0 amide bonds. The van der Waals surface area contributed by atoms with Crippen LogP contribution in [-0.4, -0.2) is 42.2 Å². The Morgan fingerprint density at radius 3 is 1.97 bits per heavy atom. The second-order valence-corrected chi connectivity index (χ2v) is 10.7. The fourth-order valence-electron chi connectivity index (χ4n) is 5.31. The first-order chi connectivity index (χ1) is 18.4. The molecule has 0 aliphatic carbocycles. The molecule has 3 aromatic carbocycles. The first-order valence-corrected chi connectivity index (χ1v) is 13.9. The number of nitrogens with zero attached hydrogens (tertiary/aromatic N) is 1. The molecule has 1 unspecified atom stereocenters. The van der Waals surface area contributed by atoms with Gasteiger partial charge in [0.1, 0.15) is 0 Å². The number of aliphatic hydroxyl groups excluding tert-OH is 1. The van der Waals surface area contributed by atoms with E-state index < -0.39 is 11.5 Å². The van der Waals surface area contributed by atoms with Gasteiger partial charge in [-0.2, -0.15) is 0 Å². The molecule has 0 spiro atoms. The second-order valence-electron chi connectivity index (χ2n) is 10.7. The highest BCUT2D eigenvalue weighted by Crippen LogP contribution is 2.33. The van der Waals surface area contributed by atoms with Gasteiger partial charge in [-0.25, -0.2) is 0 Å². The van der Waals surface area contributed by atoms with E-state index >= 15 is 0 Å². The Hall–Kier alpha value is -3.21. The summed E-state index contributed by atoms with van der Waals surface area (Å²) in [4.78, 5) is 14.8. The van der Waals surface area contributed by atoms with Gasteiger partial charge in [-0.1, -0.05) is 90.5 Å². The topological polar surface area (TPSA) is 49.8 Å². The molecule has 0 radical (unpaired) electrons. The van der Waals surface area contributed by atoms with E-state index in [1.165, 1.54) is 22.3 Å². The van der Waals surface area contributed by atoms with Gasteiger partial charge in [-0.3, -0.25) is 4.79 Å². The molecule has 1 fully saturated rings. The average molecular weight is 512 g/mol. The molecule has 38 heavy (non-hydrogen) atoms. The predicted octanol–water partition coefficient (Wildman–Crippen LogP) is 6.94. The molecule has 1 aliphatic heterocycles. The van der Waals surface area contributed by atoms with Crippen molar-refractivity contribution in [1.82, 2.24) is 4.90 Å². The van der Waals surface area contributed by atoms with Gasteiger partial charge in [0, 0.05) is 13.1 Å². The molecule has 0 aromatic heterocycles. The van der Waals surface area contributed by atoms with Crippen molar-refractivity contribution in [2.45, 2.75) is 58.0 Å². The molecule has 1 aliphatic rings. The highest BCUT2D eigenvalue weighted by atomic mass is 16.5. The van der Waals surface area contributed by atoms with Crippen molar-refractivity contribution in [2.24, 2.45) is 0 Å². The van der Waals surface area contributed by atoms with E-state index in [0.717, 1.165) is 56.4 Å². The van der Waals surface area contributed by atoms with Crippen LogP contribution in [-0.2, 0) is 14.9 Å². The predicted molar refractivity (Wildman–Crippen MR) is 155 cm³/mol. The Balaban J connectivity index is 1.31. The van der Waals surface area contributed by atoms with Crippen molar-refractivity contribution in [2.75, 3.05) is 26.2 Å². The number of hydrogen-bond donors (Lipinski definition) is 1. The third kappa shape index (κ3) is 6.80. The molecule has 0 saturated carbocycles. The zero-order valence-corrected chi connectivity index (χ0v) is 23.0. The molecule has 3 aromatic rings. The van der Waals surface area contributed by atoms with Crippen LogP contribution in [0, 0.1) is 0 Å². The Morgan fingerprint density at radius 1 is 0.895 bits per heavy atom. The maximum Gasteiger partial charge on any atom is 0.315 e. The van der Waals surface area contributed by atoms with Crippen LogP contribution in [0.2, 0.25) is 0 Å². The van der Waals surface area contributed by atoms with E-state index in [0.29, 0.717) is 6.61 Å². The fourth-order valence-corrected chi connectivity index (χ4v) is 5.31. The zero-order chi connectivity index (χ0) is 27.0. The third-order valence-corrected chi connectivity index (χ3v) is 7.69. The summed E-state index contributed by atoms with van der Waals surface area (Å²) in [6, 6.07) is 29.2. The van der Waals surface area contributed by atoms with Crippen molar-refractivity contribution >= 4 is 11.5 Å². The van der Waals surface area contributed by atoms with E-state index in [1.807, 2.05) is 45.0 Å². The summed E-state index contributed by atoms with van der Waals surface area (Å²) in [5.41, 5.74) is 6.59. The Bertz CT molecular complexity index is 1150. The van der Waals surface area contributed by atoms with Crippen molar-refractivity contribution in [3.63, 3.8) is 0 Å². The number of hydrogen-bond acceptors (Lipinski definition) is 4. The minimum atomic E-state index is -0.706.